The van der Waals surface area contributed by atoms with Gasteiger partial charge in [0.15, 0.2) is 0 Å². The second-order valence-electron chi connectivity index (χ2n) is 4.75. The number of thiophene rings is 1. The van der Waals surface area contributed by atoms with Crippen molar-refractivity contribution in [2.75, 3.05) is 39.3 Å². The highest BCUT2D eigenvalue weighted by atomic mass is 35.5. The third-order valence-corrected chi connectivity index (χ3v) is 4.82. The third-order valence-electron chi connectivity index (χ3n) is 3.60. The van der Waals surface area contributed by atoms with E-state index in [0.717, 1.165) is 44.1 Å². The highest BCUT2D eigenvalue weighted by molar-refractivity contribution is 7.17. The molecule has 0 bridgehead atoms. The van der Waals surface area contributed by atoms with Crippen molar-refractivity contribution in [3.8, 4) is 0 Å². The number of hydrogen-bond donors (Lipinski definition) is 1. The van der Waals surface area contributed by atoms with Gasteiger partial charge < -0.3 is 10.2 Å². The van der Waals surface area contributed by atoms with Crippen LogP contribution in [0.15, 0.2) is 12.1 Å². The molecule has 6 heteroatoms. The topological polar surface area (TPSA) is 35.6 Å². The summed E-state index contributed by atoms with van der Waals surface area (Å²) < 4.78 is 0.678. The molecule has 0 spiro atoms. The Morgan fingerprint density at radius 1 is 1.33 bits per heavy atom. The number of piperazine rings is 1. The Morgan fingerprint density at radius 3 is 2.67 bits per heavy atom. The fourth-order valence-electron chi connectivity index (χ4n) is 2.48. The SMILES string of the molecule is O=C(c1ccc(Cl)s1)N1CC(N2CCNCC2)C1. The molecule has 18 heavy (non-hydrogen) atoms. The molecule has 0 unspecified atom stereocenters. The van der Waals surface area contributed by atoms with Crippen LogP contribution in [-0.4, -0.2) is 61.0 Å². The maximum Gasteiger partial charge on any atom is 0.264 e. The van der Waals surface area contributed by atoms with Crippen LogP contribution in [0.4, 0.5) is 0 Å². The van der Waals surface area contributed by atoms with Gasteiger partial charge in [0.2, 0.25) is 0 Å². The van der Waals surface area contributed by atoms with Crippen molar-refractivity contribution in [2.45, 2.75) is 6.04 Å². The summed E-state index contributed by atoms with van der Waals surface area (Å²) in [7, 11) is 0. The zero-order valence-electron chi connectivity index (χ0n) is 10.1. The van der Waals surface area contributed by atoms with E-state index in [-0.39, 0.29) is 5.91 Å². The largest absolute Gasteiger partial charge is 0.335 e. The van der Waals surface area contributed by atoms with Gasteiger partial charge in [0, 0.05) is 45.3 Å². The van der Waals surface area contributed by atoms with E-state index in [1.807, 2.05) is 11.0 Å². The Kier molecular flexibility index (Phi) is 3.56. The van der Waals surface area contributed by atoms with Gasteiger partial charge in [-0.15, -0.1) is 11.3 Å². The van der Waals surface area contributed by atoms with E-state index in [1.54, 1.807) is 6.07 Å². The first kappa shape index (κ1) is 12.4. The van der Waals surface area contributed by atoms with E-state index in [2.05, 4.69) is 10.2 Å². The Labute approximate surface area is 116 Å². The van der Waals surface area contributed by atoms with E-state index < -0.39 is 0 Å². The molecule has 0 aliphatic carbocycles. The molecule has 3 rings (SSSR count). The zero-order valence-corrected chi connectivity index (χ0v) is 11.6. The molecule has 1 aromatic rings. The van der Waals surface area contributed by atoms with Gasteiger partial charge in [0.1, 0.15) is 0 Å². The molecule has 2 aliphatic rings. The number of hydrogen-bond acceptors (Lipinski definition) is 4. The Morgan fingerprint density at radius 2 is 2.06 bits per heavy atom. The zero-order chi connectivity index (χ0) is 12.5. The number of amides is 1. The van der Waals surface area contributed by atoms with E-state index in [4.69, 9.17) is 11.6 Å². The maximum atomic E-state index is 12.1. The summed E-state index contributed by atoms with van der Waals surface area (Å²) in [4.78, 5) is 17.2. The fraction of sp³-hybridized carbons (Fsp3) is 0.583. The van der Waals surface area contributed by atoms with Crippen LogP contribution in [0.3, 0.4) is 0 Å². The molecule has 0 saturated carbocycles. The van der Waals surface area contributed by atoms with E-state index in [0.29, 0.717) is 10.4 Å². The second-order valence-corrected chi connectivity index (χ2v) is 6.47. The summed E-state index contributed by atoms with van der Waals surface area (Å²) in [5, 5.41) is 3.35. The first-order valence-corrected chi connectivity index (χ1v) is 7.43. The molecule has 98 valence electrons. The quantitative estimate of drug-likeness (QED) is 0.885. The van der Waals surface area contributed by atoms with Crippen LogP contribution in [0.25, 0.3) is 0 Å². The predicted octanol–water partition coefficient (Wildman–Crippen LogP) is 1.13. The number of carbonyl (C=O) groups is 1. The van der Waals surface area contributed by atoms with Crippen molar-refractivity contribution in [1.82, 2.24) is 15.1 Å². The van der Waals surface area contributed by atoms with E-state index in [1.165, 1.54) is 11.3 Å². The lowest BCUT2D eigenvalue weighted by Crippen LogP contribution is -2.63. The lowest BCUT2D eigenvalue weighted by atomic mass is 10.1. The summed E-state index contributed by atoms with van der Waals surface area (Å²) in [6.07, 6.45) is 0. The number of halogens is 1. The molecule has 2 saturated heterocycles. The lowest BCUT2D eigenvalue weighted by Gasteiger charge is -2.46. The van der Waals surface area contributed by atoms with Gasteiger partial charge in [-0.3, -0.25) is 9.69 Å². The Hall–Kier alpha value is -0.620. The van der Waals surface area contributed by atoms with Crippen molar-refractivity contribution >= 4 is 28.8 Å². The monoisotopic (exact) mass is 285 g/mol. The Bertz CT molecular complexity index is 438. The van der Waals surface area contributed by atoms with Gasteiger partial charge in [-0.2, -0.15) is 0 Å². The van der Waals surface area contributed by atoms with Crippen LogP contribution in [-0.2, 0) is 0 Å². The molecule has 2 fully saturated rings. The average Bonchev–Trinajstić information content (AvgIpc) is 2.75. The molecular weight excluding hydrogens is 270 g/mol. The van der Waals surface area contributed by atoms with Crippen LogP contribution in [0.2, 0.25) is 4.34 Å². The first-order valence-electron chi connectivity index (χ1n) is 6.23. The van der Waals surface area contributed by atoms with Crippen molar-refractivity contribution < 1.29 is 4.79 Å². The molecular formula is C12H16ClN3OS. The summed E-state index contributed by atoms with van der Waals surface area (Å²) in [5.74, 6) is 0.123. The minimum absolute atomic E-state index is 0.123. The molecule has 1 amide bonds. The number of nitrogens with one attached hydrogen (secondary N) is 1. The van der Waals surface area contributed by atoms with Crippen molar-refractivity contribution in [3.63, 3.8) is 0 Å². The van der Waals surface area contributed by atoms with Crippen molar-refractivity contribution in [2.24, 2.45) is 0 Å². The molecule has 1 aromatic heterocycles. The minimum atomic E-state index is 0.123. The summed E-state index contributed by atoms with van der Waals surface area (Å²) in [5.41, 5.74) is 0. The second kappa shape index (κ2) is 5.17. The van der Waals surface area contributed by atoms with Gasteiger partial charge >= 0.3 is 0 Å². The van der Waals surface area contributed by atoms with Crippen LogP contribution in [0, 0.1) is 0 Å². The summed E-state index contributed by atoms with van der Waals surface area (Å²) in [6.45, 7) is 6.02. The highest BCUT2D eigenvalue weighted by Crippen LogP contribution is 2.25. The molecule has 3 heterocycles. The Balaban J connectivity index is 1.53. The maximum absolute atomic E-state index is 12.1. The van der Waals surface area contributed by atoms with E-state index >= 15 is 0 Å². The van der Waals surface area contributed by atoms with Crippen molar-refractivity contribution in [3.05, 3.63) is 21.3 Å². The van der Waals surface area contributed by atoms with Gasteiger partial charge in [-0.25, -0.2) is 0 Å². The molecule has 4 nitrogen and oxygen atoms in total. The molecule has 0 radical (unpaired) electrons. The first-order chi connectivity index (χ1) is 8.74. The minimum Gasteiger partial charge on any atom is -0.335 e. The van der Waals surface area contributed by atoms with Crippen LogP contribution >= 0.6 is 22.9 Å². The smallest absolute Gasteiger partial charge is 0.264 e. The van der Waals surface area contributed by atoms with Gasteiger partial charge in [-0.1, -0.05) is 11.6 Å². The highest BCUT2D eigenvalue weighted by Gasteiger charge is 2.35. The number of nitrogens with zero attached hydrogens (tertiary/aromatic N) is 2. The van der Waals surface area contributed by atoms with Gasteiger partial charge in [-0.05, 0) is 12.1 Å². The van der Waals surface area contributed by atoms with Crippen LogP contribution in [0.5, 0.6) is 0 Å². The van der Waals surface area contributed by atoms with Gasteiger partial charge in [0.25, 0.3) is 5.91 Å². The van der Waals surface area contributed by atoms with Crippen LogP contribution < -0.4 is 5.32 Å². The molecule has 0 atom stereocenters. The normalized spacial score (nSPS) is 21.9. The lowest BCUT2D eigenvalue weighted by molar-refractivity contribution is 0.0231. The standard InChI is InChI=1S/C12H16ClN3OS/c13-11-2-1-10(18-11)12(17)16-7-9(8-16)15-5-3-14-4-6-15/h1-2,9,14H,3-8H2. The predicted molar refractivity (Wildman–Crippen MR) is 73.5 cm³/mol. The molecule has 2 aliphatic heterocycles. The van der Waals surface area contributed by atoms with Crippen LogP contribution in [0.1, 0.15) is 9.67 Å². The molecule has 0 aromatic carbocycles. The number of carbonyl (C=O) groups excluding carboxylic acids is 1. The average molecular weight is 286 g/mol. The summed E-state index contributed by atoms with van der Waals surface area (Å²) >= 11 is 7.21. The van der Waals surface area contributed by atoms with Crippen molar-refractivity contribution in [1.29, 1.82) is 0 Å². The van der Waals surface area contributed by atoms with E-state index in [9.17, 15) is 4.79 Å². The number of rotatable bonds is 2. The third kappa shape index (κ3) is 2.40. The summed E-state index contributed by atoms with van der Waals surface area (Å²) in [6, 6.07) is 4.15. The molecule has 1 N–H and O–H groups in total. The number of likely N-dealkylation sites (tertiary alicyclic amines) is 1. The van der Waals surface area contributed by atoms with Gasteiger partial charge in [0.05, 0.1) is 9.21 Å². The fourth-order valence-corrected chi connectivity index (χ4v) is 3.50.